The number of benzene rings is 4. The highest BCUT2D eigenvalue weighted by Gasteiger charge is 2.40. The van der Waals surface area contributed by atoms with Crippen molar-refractivity contribution >= 4 is 11.9 Å². The lowest BCUT2D eigenvalue weighted by Crippen LogP contribution is -2.36. The number of nitrogens with two attached hydrogens (primary N) is 1. The molecule has 4 aromatic carbocycles. The highest BCUT2D eigenvalue weighted by Crippen LogP contribution is 2.29. The topological polar surface area (TPSA) is 103 Å². The summed E-state index contributed by atoms with van der Waals surface area (Å²) >= 11 is 0. The van der Waals surface area contributed by atoms with Crippen LogP contribution in [0.4, 0.5) is 26.3 Å². The average Bonchev–Trinajstić information content (AvgIpc) is 3.27. The van der Waals surface area contributed by atoms with Gasteiger partial charge in [0.15, 0.2) is 0 Å². The zero-order valence-electron chi connectivity index (χ0n) is 38.2. The molecule has 0 radical (unpaired) electrons. The molecule has 0 saturated carbocycles. The molecule has 64 heavy (non-hydrogen) atoms. The Morgan fingerprint density at radius 2 is 1.03 bits per heavy atom. The average molecular weight is 902 g/mol. The lowest BCUT2D eigenvalue weighted by molar-refractivity contribution is -0.199. The van der Waals surface area contributed by atoms with Gasteiger partial charge in [-0.2, -0.15) is 26.3 Å². The predicted molar refractivity (Wildman–Crippen MR) is 243 cm³/mol. The Kier molecular flexibility index (Phi) is 25.5. The fourth-order valence-electron chi connectivity index (χ4n) is 5.50. The van der Waals surface area contributed by atoms with E-state index in [4.69, 9.17) is 15.2 Å². The van der Waals surface area contributed by atoms with Crippen molar-refractivity contribution in [2.24, 2.45) is 5.73 Å². The Labute approximate surface area is 375 Å². The monoisotopic (exact) mass is 901 g/mol. The van der Waals surface area contributed by atoms with E-state index in [0.29, 0.717) is 25.5 Å². The number of carbonyl (C=O) groups is 2. The van der Waals surface area contributed by atoms with Crippen molar-refractivity contribution in [2.75, 3.05) is 39.3 Å². The molecule has 3 N–H and O–H groups in total. The molecule has 0 aromatic heterocycles. The minimum absolute atomic E-state index is 0.0501. The highest BCUT2D eigenvalue weighted by atomic mass is 19.4. The number of halogens is 6. The first-order valence-electron chi connectivity index (χ1n) is 21.0. The second-order valence-corrected chi connectivity index (χ2v) is 15.1. The van der Waals surface area contributed by atoms with Crippen LogP contribution < -0.4 is 20.5 Å². The molecule has 0 aliphatic rings. The van der Waals surface area contributed by atoms with E-state index in [2.05, 4.69) is 74.6 Å². The molecule has 8 nitrogen and oxygen atoms in total. The molecule has 4 rings (SSSR count). The molecular weight excluding hydrogens is 837 g/mol. The summed E-state index contributed by atoms with van der Waals surface area (Å²) in [6.07, 6.45) is -2.30. The van der Waals surface area contributed by atoms with Gasteiger partial charge in [-0.25, -0.2) is 4.79 Å². The fraction of sp³-hybridized carbons (Fsp3) is 0.400. The number of allylic oxidation sites excluding steroid dienone is 2. The Hall–Kier alpha value is -5.60. The maximum Gasteiger partial charge on any atom is 0.490 e. The van der Waals surface area contributed by atoms with Crippen LogP contribution in [0.3, 0.4) is 0 Å². The molecule has 14 heteroatoms. The van der Waals surface area contributed by atoms with Crippen LogP contribution in [0.1, 0.15) is 77.6 Å². The molecule has 0 unspecified atom stereocenters. The van der Waals surface area contributed by atoms with E-state index < -0.39 is 29.6 Å². The van der Waals surface area contributed by atoms with Crippen molar-refractivity contribution in [3.63, 3.8) is 0 Å². The van der Waals surface area contributed by atoms with Crippen LogP contribution in [-0.4, -0.2) is 68.5 Å². The Morgan fingerprint density at radius 3 is 1.36 bits per heavy atom. The Morgan fingerprint density at radius 1 is 0.609 bits per heavy atom. The van der Waals surface area contributed by atoms with Gasteiger partial charge in [0.25, 0.3) is 0 Å². The molecule has 0 atom stereocenters. The van der Waals surface area contributed by atoms with Crippen LogP contribution in [0.2, 0.25) is 0 Å². The van der Waals surface area contributed by atoms with Gasteiger partial charge in [-0.05, 0) is 73.1 Å². The number of carbonyl (C=O) groups excluding carboxylic acids is 2. The summed E-state index contributed by atoms with van der Waals surface area (Å²) in [5.74, 6) is -2.47. The van der Waals surface area contributed by atoms with Crippen LogP contribution in [0.5, 0.6) is 11.5 Å². The minimum atomic E-state index is -4.87. The van der Waals surface area contributed by atoms with Gasteiger partial charge in [-0.3, -0.25) is 4.79 Å². The number of alkyl halides is 6. The van der Waals surface area contributed by atoms with E-state index in [1.165, 1.54) is 43.8 Å². The summed E-state index contributed by atoms with van der Waals surface area (Å²) in [5.41, 5.74) is 9.46. The molecule has 0 heterocycles. The van der Waals surface area contributed by atoms with Crippen molar-refractivity contribution in [3.8, 4) is 11.5 Å². The number of amides is 1. The van der Waals surface area contributed by atoms with Gasteiger partial charge in [0.05, 0.1) is 6.61 Å². The number of nitrogens with zero attached hydrogens (tertiary/aromatic N) is 1. The molecule has 0 spiro atoms. The SMILES string of the molecule is CC(C)(/C=C/CN)c1cccc(OCc2ccccc2)c1.CC(C)(/C=C/CNC(=O)C(F)(F)F)c1cccc(OCc2ccccc2)c1.CCN(CC)CC.CCOC(=O)C(F)(F)F. The second-order valence-electron chi connectivity index (χ2n) is 15.1. The van der Waals surface area contributed by atoms with Gasteiger partial charge in [0.2, 0.25) is 0 Å². The number of hydrogen-bond acceptors (Lipinski definition) is 7. The van der Waals surface area contributed by atoms with E-state index in [1.807, 2.05) is 110 Å². The smallest absolute Gasteiger partial charge is 0.489 e. The third-order valence-corrected chi connectivity index (χ3v) is 9.34. The fourth-order valence-corrected chi connectivity index (χ4v) is 5.50. The van der Waals surface area contributed by atoms with Crippen LogP contribution in [0, 0.1) is 0 Å². The van der Waals surface area contributed by atoms with E-state index in [9.17, 15) is 35.9 Å². The van der Waals surface area contributed by atoms with E-state index in [-0.39, 0.29) is 18.6 Å². The van der Waals surface area contributed by atoms with Gasteiger partial charge in [-0.15, -0.1) is 0 Å². The number of rotatable bonds is 17. The first-order valence-corrected chi connectivity index (χ1v) is 21.0. The van der Waals surface area contributed by atoms with Crippen LogP contribution >= 0.6 is 0 Å². The van der Waals surface area contributed by atoms with Crippen LogP contribution in [0.15, 0.2) is 133 Å². The van der Waals surface area contributed by atoms with Crippen molar-refractivity contribution < 1.29 is 50.1 Å². The summed E-state index contributed by atoms with van der Waals surface area (Å²) in [7, 11) is 0. The normalized spacial score (nSPS) is 11.7. The molecule has 4 aromatic rings. The Balaban J connectivity index is 0.000000486. The second kappa shape index (κ2) is 29.0. The van der Waals surface area contributed by atoms with E-state index >= 15 is 0 Å². The molecule has 0 saturated heterocycles. The number of ether oxygens (including phenoxy) is 3. The van der Waals surface area contributed by atoms with Crippen molar-refractivity contribution in [2.45, 2.75) is 91.8 Å². The summed E-state index contributed by atoms with van der Waals surface area (Å²) in [6.45, 7) is 20.8. The van der Waals surface area contributed by atoms with Crippen molar-refractivity contribution in [1.82, 2.24) is 10.2 Å². The van der Waals surface area contributed by atoms with Gasteiger partial charge in [0, 0.05) is 23.9 Å². The first-order chi connectivity index (χ1) is 30.1. The maximum absolute atomic E-state index is 12.2. The third-order valence-electron chi connectivity index (χ3n) is 9.34. The van der Waals surface area contributed by atoms with Gasteiger partial charge >= 0.3 is 24.2 Å². The highest BCUT2D eigenvalue weighted by molar-refractivity contribution is 5.81. The lowest BCUT2D eigenvalue weighted by Gasteiger charge is -2.22. The minimum Gasteiger partial charge on any atom is -0.489 e. The van der Waals surface area contributed by atoms with Crippen molar-refractivity contribution in [1.29, 1.82) is 0 Å². The molecule has 0 aliphatic heterocycles. The third kappa shape index (κ3) is 23.2. The Bertz CT molecular complexity index is 1960. The molecular formula is C50H65F6N3O5. The summed E-state index contributed by atoms with van der Waals surface area (Å²) < 4.78 is 85.3. The molecule has 352 valence electrons. The molecule has 1 amide bonds. The maximum atomic E-state index is 12.2. The van der Waals surface area contributed by atoms with Crippen LogP contribution in [0.25, 0.3) is 0 Å². The van der Waals surface area contributed by atoms with E-state index in [1.54, 1.807) is 6.08 Å². The van der Waals surface area contributed by atoms with Crippen LogP contribution in [-0.2, 0) is 38.4 Å². The summed E-state index contributed by atoms with van der Waals surface area (Å²) in [6, 6.07) is 35.8. The zero-order chi connectivity index (χ0) is 48.2. The van der Waals surface area contributed by atoms with Gasteiger partial charge < -0.3 is 30.2 Å². The predicted octanol–water partition coefficient (Wildman–Crippen LogP) is 11.3. The zero-order valence-corrected chi connectivity index (χ0v) is 38.2. The quantitative estimate of drug-likeness (QED) is 0.0618. The van der Waals surface area contributed by atoms with Gasteiger partial charge in [-0.1, -0.05) is 158 Å². The first kappa shape index (κ1) is 56.4. The molecule has 0 fully saturated rings. The molecule has 0 aliphatic carbocycles. The standard InChI is InChI=1S/C21H22F3NO2.C19H23NO.C6H15N.C4H5F3O2/c1-20(2,12-7-13-25-19(26)21(22,23)24)17-10-6-11-18(14-17)27-15-16-8-4-3-5-9-16;1-19(2,12-7-13-20)17-10-6-11-18(14-17)21-15-16-8-4-3-5-9-16;1-4-7(5-2)6-3;1-2-9-3(8)4(5,6)7/h3-12,14H,13,15H2,1-2H3,(H,25,26);3-12,14H,13,15,20H2,1-2H3;4-6H2,1-3H3;2H2,1H3/b2*12-7+;;. The number of hydrogen-bond donors (Lipinski definition) is 2. The molecule has 0 bridgehead atoms. The lowest BCUT2D eigenvalue weighted by atomic mass is 9.84. The summed E-state index contributed by atoms with van der Waals surface area (Å²) in [5, 5.41) is 1.82. The largest absolute Gasteiger partial charge is 0.490 e. The van der Waals surface area contributed by atoms with Gasteiger partial charge in [0.1, 0.15) is 24.7 Å². The van der Waals surface area contributed by atoms with Crippen molar-refractivity contribution in [3.05, 3.63) is 156 Å². The summed E-state index contributed by atoms with van der Waals surface area (Å²) in [4.78, 5) is 22.9. The number of esters is 1. The van der Waals surface area contributed by atoms with E-state index in [0.717, 1.165) is 16.9 Å². The number of nitrogens with one attached hydrogen (secondary N) is 1.